The van der Waals surface area contributed by atoms with Crippen LogP contribution in [0.4, 0.5) is 4.39 Å². The van der Waals surface area contributed by atoms with Gasteiger partial charge in [-0.05, 0) is 38.0 Å². The number of rotatable bonds is 4. The molecule has 0 aliphatic heterocycles. The van der Waals surface area contributed by atoms with Gasteiger partial charge in [-0.3, -0.25) is 0 Å². The summed E-state index contributed by atoms with van der Waals surface area (Å²) in [7, 11) is 0. The Morgan fingerprint density at radius 1 is 1.47 bits per heavy atom. The number of aromatic nitrogens is 2. The van der Waals surface area contributed by atoms with Gasteiger partial charge >= 0.3 is 0 Å². The summed E-state index contributed by atoms with van der Waals surface area (Å²) in [5.41, 5.74) is 1.76. The van der Waals surface area contributed by atoms with Crippen molar-refractivity contribution in [1.82, 2.24) is 14.9 Å². The Morgan fingerprint density at radius 3 is 3.00 bits per heavy atom. The van der Waals surface area contributed by atoms with E-state index in [1.807, 2.05) is 0 Å². The maximum atomic E-state index is 13.2. The number of benzene rings is 1. The third-order valence-electron chi connectivity index (χ3n) is 3.23. The number of fused-ring (bicyclic) bond motifs is 1. The molecule has 0 saturated heterocycles. The van der Waals surface area contributed by atoms with Crippen LogP contribution in [0.5, 0.6) is 0 Å². The fourth-order valence-corrected chi connectivity index (χ4v) is 2.16. The van der Waals surface area contributed by atoms with Gasteiger partial charge < -0.3 is 9.88 Å². The second-order valence-corrected chi connectivity index (χ2v) is 4.56. The van der Waals surface area contributed by atoms with Crippen molar-refractivity contribution in [2.24, 2.45) is 0 Å². The van der Waals surface area contributed by atoms with Crippen molar-refractivity contribution in [2.45, 2.75) is 38.9 Å². The molecule has 3 rings (SSSR count). The Hall–Kier alpha value is -1.42. The van der Waals surface area contributed by atoms with E-state index in [0.717, 1.165) is 29.9 Å². The molecule has 0 unspecified atom stereocenters. The first-order valence-corrected chi connectivity index (χ1v) is 6.16. The minimum atomic E-state index is -0.200. The van der Waals surface area contributed by atoms with E-state index in [1.165, 1.54) is 18.9 Å². The molecule has 0 amide bonds. The van der Waals surface area contributed by atoms with Crippen molar-refractivity contribution < 1.29 is 4.39 Å². The van der Waals surface area contributed by atoms with Gasteiger partial charge in [0.25, 0.3) is 0 Å². The Balaban J connectivity index is 1.97. The zero-order chi connectivity index (χ0) is 11.8. The number of halogens is 1. The molecule has 1 heterocycles. The lowest BCUT2D eigenvalue weighted by Gasteiger charge is -2.06. The summed E-state index contributed by atoms with van der Waals surface area (Å²) < 4.78 is 15.3. The molecule has 4 heteroatoms. The fourth-order valence-electron chi connectivity index (χ4n) is 2.16. The predicted molar refractivity (Wildman–Crippen MR) is 65.2 cm³/mol. The standard InChI is InChI=1S/C13H16FN3/c1-2-17-12-7-9(14)3-6-11(12)16-13(17)8-15-10-4-5-10/h3,6-7,10,15H,2,4-5,8H2,1H3. The number of hydrogen-bond acceptors (Lipinski definition) is 2. The minimum Gasteiger partial charge on any atom is -0.327 e. The highest BCUT2D eigenvalue weighted by Gasteiger charge is 2.21. The monoisotopic (exact) mass is 233 g/mol. The van der Waals surface area contributed by atoms with Gasteiger partial charge in [0.15, 0.2) is 0 Å². The highest BCUT2D eigenvalue weighted by molar-refractivity contribution is 5.76. The maximum Gasteiger partial charge on any atom is 0.125 e. The lowest BCUT2D eigenvalue weighted by atomic mass is 10.3. The van der Waals surface area contributed by atoms with Crippen molar-refractivity contribution in [1.29, 1.82) is 0 Å². The molecular formula is C13H16FN3. The Bertz CT molecular complexity index is 543. The molecule has 0 atom stereocenters. The molecule has 2 aromatic rings. The van der Waals surface area contributed by atoms with Crippen molar-refractivity contribution in [3.63, 3.8) is 0 Å². The summed E-state index contributed by atoms with van der Waals surface area (Å²) in [6, 6.07) is 5.44. The summed E-state index contributed by atoms with van der Waals surface area (Å²) in [4.78, 5) is 4.56. The highest BCUT2D eigenvalue weighted by atomic mass is 19.1. The average Bonchev–Trinajstić information content (AvgIpc) is 3.08. The van der Waals surface area contributed by atoms with E-state index in [2.05, 4.69) is 21.8 Å². The van der Waals surface area contributed by atoms with Gasteiger partial charge in [0.2, 0.25) is 0 Å². The van der Waals surface area contributed by atoms with Crippen LogP contribution in [0.2, 0.25) is 0 Å². The summed E-state index contributed by atoms with van der Waals surface area (Å²) >= 11 is 0. The van der Waals surface area contributed by atoms with Gasteiger partial charge in [-0.2, -0.15) is 0 Å². The van der Waals surface area contributed by atoms with Crippen LogP contribution in [-0.2, 0) is 13.1 Å². The predicted octanol–water partition coefficient (Wildman–Crippen LogP) is 2.45. The Kier molecular flexibility index (Phi) is 2.59. The minimum absolute atomic E-state index is 0.200. The van der Waals surface area contributed by atoms with Crippen LogP contribution in [0.25, 0.3) is 11.0 Å². The van der Waals surface area contributed by atoms with Crippen molar-refractivity contribution in [3.05, 3.63) is 29.8 Å². The first-order valence-electron chi connectivity index (χ1n) is 6.16. The van der Waals surface area contributed by atoms with Gasteiger partial charge in [0, 0.05) is 12.6 Å². The molecule has 1 fully saturated rings. The van der Waals surface area contributed by atoms with E-state index >= 15 is 0 Å². The molecule has 0 radical (unpaired) electrons. The van der Waals surface area contributed by atoms with Crippen molar-refractivity contribution in [3.8, 4) is 0 Å². The first kappa shape index (κ1) is 10.7. The van der Waals surface area contributed by atoms with Crippen molar-refractivity contribution in [2.75, 3.05) is 0 Å². The van der Waals surface area contributed by atoms with Gasteiger partial charge in [-0.1, -0.05) is 0 Å². The average molecular weight is 233 g/mol. The molecule has 0 spiro atoms. The number of nitrogens with one attached hydrogen (secondary N) is 1. The molecule has 1 aliphatic rings. The molecular weight excluding hydrogens is 217 g/mol. The van der Waals surface area contributed by atoms with Crippen LogP contribution < -0.4 is 5.32 Å². The number of nitrogens with zero attached hydrogens (tertiary/aromatic N) is 2. The summed E-state index contributed by atoms with van der Waals surface area (Å²) in [6.45, 7) is 3.66. The molecule has 1 saturated carbocycles. The van der Waals surface area contributed by atoms with E-state index in [0.29, 0.717) is 6.04 Å². The molecule has 1 aromatic carbocycles. The summed E-state index contributed by atoms with van der Waals surface area (Å²) in [5.74, 6) is 0.800. The van der Waals surface area contributed by atoms with Crippen LogP contribution in [0, 0.1) is 5.82 Å². The first-order chi connectivity index (χ1) is 8.28. The molecule has 1 N–H and O–H groups in total. The van der Waals surface area contributed by atoms with Crippen LogP contribution in [0.15, 0.2) is 18.2 Å². The highest BCUT2D eigenvalue weighted by Crippen LogP contribution is 2.21. The van der Waals surface area contributed by atoms with E-state index in [9.17, 15) is 4.39 Å². The Morgan fingerprint density at radius 2 is 2.29 bits per heavy atom. The van der Waals surface area contributed by atoms with Crippen LogP contribution in [0.1, 0.15) is 25.6 Å². The van der Waals surface area contributed by atoms with E-state index in [1.54, 1.807) is 12.1 Å². The van der Waals surface area contributed by atoms with E-state index < -0.39 is 0 Å². The lowest BCUT2D eigenvalue weighted by molar-refractivity contribution is 0.613. The molecule has 17 heavy (non-hydrogen) atoms. The summed E-state index contributed by atoms with van der Waals surface area (Å²) in [6.07, 6.45) is 2.53. The van der Waals surface area contributed by atoms with Gasteiger partial charge in [0.05, 0.1) is 17.6 Å². The maximum absolute atomic E-state index is 13.2. The third-order valence-corrected chi connectivity index (χ3v) is 3.23. The normalized spacial score (nSPS) is 15.6. The third kappa shape index (κ3) is 2.05. The number of imidazole rings is 1. The molecule has 3 nitrogen and oxygen atoms in total. The van der Waals surface area contributed by atoms with E-state index in [4.69, 9.17) is 0 Å². The number of hydrogen-bond donors (Lipinski definition) is 1. The Labute approximate surface area is 99.7 Å². The van der Waals surface area contributed by atoms with Crippen LogP contribution in [-0.4, -0.2) is 15.6 Å². The fraction of sp³-hybridized carbons (Fsp3) is 0.462. The molecule has 1 aromatic heterocycles. The van der Waals surface area contributed by atoms with Crippen LogP contribution >= 0.6 is 0 Å². The number of aryl methyl sites for hydroxylation is 1. The molecule has 1 aliphatic carbocycles. The molecule has 90 valence electrons. The zero-order valence-corrected chi connectivity index (χ0v) is 9.91. The van der Waals surface area contributed by atoms with Crippen LogP contribution in [0.3, 0.4) is 0 Å². The summed E-state index contributed by atoms with van der Waals surface area (Å²) in [5, 5.41) is 3.45. The van der Waals surface area contributed by atoms with Gasteiger partial charge in [-0.15, -0.1) is 0 Å². The largest absolute Gasteiger partial charge is 0.327 e. The topological polar surface area (TPSA) is 29.9 Å². The van der Waals surface area contributed by atoms with Gasteiger partial charge in [0.1, 0.15) is 11.6 Å². The van der Waals surface area contributed by atoms with E-state index in [-0.39, 0.29) is 5.82 Å². The smallest absolute Gasteiger partial charge is 0.125 e. The quantitative estimate of drug-likeness (QED) is 0.879. The zero-order valence-electron chi connectivity index (χ0n) is 9.91. The van der Waals surface area contributed by atoms with Gasteiger partial charge in [-0.25, -0.2) is 9.37 Å². The second kappa shape index (κ2) is 4.11. The lowest BCUT2D eigenvalue weighted by Crippen LogP contribution is -2.18. The second-order valence-electron chi connectivity index (χ2n) is 4.56. The van der Waals surface area contributed by atoms with Crippen molar-refractivity contribution >= 4 is 11.0 Å². The SMILES string of the molecule is CCn1c(CNC2CC2)nc2ccc(F)cc21. The molecule has 0 bridgehead atoms.